The lowest BCUT2D eigenvalue weighted by atomic mass is 10.2. The number of halogens is 1. The van der Waals surface area contributed by atoms with Crippen LogP contribution in [0.5, 0.6) is 5.75 Å². The average Bonchev–Trinajstić information content (AvgIpc) is 2.79. The summed E-state index contributed by atoms with van der Waals surface area (Å²) in [6, 6.07) is 20.9. The van der Waals surface area contributed by atoms with Gasteiger partial charge in [-0.25, -0.2) is 10.4 Å². The standard InChI is InChI=1S/C23H17BrN4O3S/c24-16-8-10-17(11-9-16)28-22(31)19-6-1-2-7-20(19)26-23(28)32-14-21(30)27-25-13-15-4-3-5-18(29)12-15/h1-13,29H,14H2,(H,27,30)/b25-13-. The fraction of sp³-hybridized carbons (Fsp3) is 0.0435. The quantitative estimate of drug-likeness (QED) is 0.177. The van der Waals surface area contributed by atoms with Gasteiger partial charge in [-0.3, -0.25) is 14.2 Å². The van der Waals surface area contributed by atoms with Gasteiger partial charge >= 0.3 is 0 Å². The molecule has 1 amide bonds. The van der Waals surface area contributed by atoms with Gasteiger partial charge in [-0.15, -0.1) is 0 Å². The molecule has 1 aromatic heterocycles. The molecule has 0 saturated heterocycles. The summed E-state index contributed by atoms with van der Waals surface area (Å²) in [6.45, 7) is 0. The first kappa shape index (κ1) is 21.8. The van der Waals surface area contributed by atoms with Gasteiger partial charge in [0, 0.05) is 4.47 Å². The normalized spacial score (nSPS) is 11.2. The summed E-state index contributed by atoms with van der Waals surface area (Å²) in [5.74, 6) is -0.223. The van der Waals surface area contributed by atoms with E-state index in [0.717, 1.165) is 16.2 Å². The average molecular weight is 509 g/mol. The number of hydrogen-bond donors (Lipinski definition) is 2. The van der Waals surface area contributed by atoms with Crippen LogP contribution in [0.25, 0.3) is 16.6 Å². The number of para-hydroxylation sites is 1. The van der Waals surface area contributed by atoms with E-state index in [-0.39, 0.29) is 23.0 Å². The van der Waals surface area contributed by atoms with E-state index in [9.17, 15) is 14.7 Å². The summed E-state index contributed by atoms with van der Waals surface area (Å²) >= 11 is 4.55. The first-order valence-corrected chi connectivity index (χ1v) is 11.3. The first-order chi connectivity index (χ1) is 15.5. The molecule has 4 rings (SSSR count). The van der Waals surface area contributed by atoms with Gasteiger partial charge in [0.05, 0.1) is 28.6 Å². The van der Waals surface area contributed by atoms with Crippen LogP contribution in [0.2, 0.25) is 0 Å². The maximum absolute atomic E-state index is 13.2. The van der Waals surface area contributed by atoms with Crippen LogP contribution >= 0.6 is 27.7 Å². The minimum Gasteiger partial charge on any atom is -0.508 e. The summed E-state index contributed by atoms with van der Waals surface area (Å²) < 4.78 is 2.39. The second kappa shape index (κ2) is 9.80. The van der Waals surface area contributed by atoms with Crippen molar-refractivity contribution in [2.75, 3.05) is 5.75 Å². The topological polar surface area (TPSA) is 96.6 Å². The number of phenols is 1. The van der Waals surface area contributed by atoms with Crippen molar-refractivity contribution in [3.8, 4) is 11.4 Å². The third kappa shape index (κ3) is 5.06. The third-order valence-corrected chi connectivity index (χ3v) is 5.90. The third-order valence-electron chi connectivity index (χ3n) is 4.44. The van der Waals surface area contributed by atoms with Crippen LogP contribution in [0.1, 0.15) is 5.56 Å². The monoisotopic (exact) mass is 508 g/mol. The van der Waals surface area contributed by atoms with Crippen molar-refractivity contribution >= 4 is 50.7 Å². The predicted octanol–water partition coefficient (Wildman–Crippen LogP) is 4.10. The lowest BCUT2D eigenvalue weighted by Crippen LogP contribution is -2.24. The molecular weight excluding hydrogens is 492 g/mol. The van der Waals surface area contributed by atoms with Gasteiger partial charge < -0.3 is 5.11 Å². The Morgan fingerprint density at radius 3 is 2.69 bits per heavy atom. The molecule has 0 atom stereocenters. The van der Waals surface area contributed by atoms with Gasteiger partial charge in [0.1, 0.15) is 5.75 Å². The zero-order valence-corrected chi connectivity index (χ0v) is 19.0. The van der Waals surface area contributed by atoms with Gasteiger partial charge in [0.25, 0.3) is 11.5 Å². The Kier molecular flexibility index (Phi) is 6.67. The van der Waals surface area contributed by atoms with E-state index in [1.165, 1.54) is 16.8 Å². The second-order valence-electron chi connectivity index (χ2n) is 6.71. The van der Waals surface area contributed by atoms with E-state index >= 15 is 0 Å². The van der Waals surface area contributed by atoms with Crippen LogP contribution in [0.15, 0.2) is 92.3 Å². The number of carbonyl (C=O) groups excluding carboxylic acids is 1. The number of hydrogen-bond acceptors (Lipinski definition) is 6. The van der Waals surface area contributed by atoms with Crippen molar-refractivity contribution in [3.05, 3.63) is 93.2 Å². The number of amides is 1. The highest BCUT2D eigenvalue weighted by atomic mass is 79.9. The molecule has 7 nitrogen and oxygen atoms in total. The Morgan fingerprint density at radius 2 is 1.91 bits per heavy atom. The second-order valence-corrected chi connectivity index (χ2v) is 8.56. The van der Waals surface area contributed by atoms with Crippen molar-refractivity contribution in [3.63, 3.8) is 0 Å². The lowest BCUT2D eigenvalue weighted by Gasteiger charge is -2.13. The van der Waals surface area contributed by atoms with Crippen LogP contribution in [0.3, 0.4) is 0 Å². The number of aromatic hydroxyl groups is 1. The smallest absolute Gasteiger partial charge is 0.266 e. The fourth-order valence-electron chi connectivity index (χ4n) is 2.97. The largest absolute Gasteiger partial charge is 0.508 e. The highest BCUT2D eigenvalue weighted by molar-refractivity contribution is 9.10. The predicted molar refractivity (Wildman–Crippen MR) is 130 cm³/mol. The molecule has 4 aromatic rings. The summed E-state index contributed by atoms with van der Waals surface area (Å²) in [4.78, 5) is 30.1. The highest BCUT2D eigenvalue weighted by Crippen LogP contribution is 2.22. The highest BCUT2D eigenvalue weighted by Gasteiger charge is 2.14. The molecule has 0 spiro atoms. The van der Waals surface area contributed by atoms with Gasteiger partial charge in [0.2, 0.25) is 0 Å². The molecule has 0 aliphatic rings. The summed E-state index contributed by atoms with van der Waals surface area (Å²) in [6.07, 6.45) is 1.44. The molecule has 9 heteroatoms. The number of thioether (sulfide) groups is 1. The molecule has 2 N–H and O–H groups in total. The Hall–Kier alpha value is -3.43. The van der Waals surface area contributed by atoms with E-state index in [1.807, 2.05) is 30.3 Å². The van der Waals surface area contributed by atoms with Gasteiger partial charge in [-0.2, -0.15) is 5.10 Å². The maximum atomic E-state index is 13.2. The number of hydrazone groups is 1. The number of carbonyl (C=O) groups is 1. The molecule has 0 fully saturated rings. The first-order valence-electron chi connectivity index (χ1n) is 9.53. The van der Waals surface area contributed by atoms with Crippen LogP contribution in [0.4, 0.5) is 0 Å². The molecule has 0 unspecified atom stereocenters. The van der Waals surface area contributed by atoms with Crippen LogP contribution in [-0.4, -0.2) is 32.5 Å². The molecule has 1 heterocycles. The van der Waals surface area contributed by atoms with Crippen LogP contribution in [0, 0.1) is 0 Å². The van der Waals surface area contributed by atoms with Crippen molar-refractivity contribution < 1.29 is 9.90 Å². The summed E-state index contributed by atoms with van der Waals surface area (Å²) in [5.41, 5.74) is 4.11. The minimum absolute atomic E-state index is 0.0126. The molecule has 0 aliphatic heterocycles. The number of fused-ring (bicyclic) bond motifs is 1. The van der Waals surface area contributed by atoms with Crippen molar-refractivity contribution in [2.24, 2.45) is 5.10 Å². The molecule has 160 valence electrons. The lowest BCUT2D eigenvalue weighted by molar-refractivity contribution is -0.118. The summed E-state index contributed by atoms with van der Waals surface area (Å²) in [5, 5.41) is 14.3. The minimum atomic E-state index is -0.351. The van der Waals surface area contributed by atoms with Crippen molar-refractivity contribution in [1.82, 2.24) is 15.0 Å². The SMILES string of the molecule is O=C(CSc1nc2ccccc2c(=O)n1-c1ccc(Br)cc1)N/N=C\c1cccc(O)c1. The number of nitrogens with one attached hydrogen (secondary N) is 1. The number of rotatable bonds is 6. The van der Waals surface area contributed by atoms with E-state index in [2.05, 4.69) is 31.4 Å². The van der Waals surface area contributed by atoms with Crippen molar-refractivity contribution in [2.45, 2.75) is 5.16 Å². The van der Waals surface area contributed by atoms with Gasteiger partial charge in [-0.1, -0.05) is 52.0 Å². The number of aromatic nitrogens is 2. The van der Waals surface area contributed by atoms with Gasteiger partial charge in [0.15, 0.2) is 5.16 Å². The number of benzene rings is 3. The molecule has 0 radical (unpaired) electrons. The fourth-order valence-corrected chi connectivity index (χ4v) is 4.04. The number of phenolic OH excluding ortho intramolecular Hbond substituents is 1. The molecule has 3 aromatic carbocycles. The van der Waals surface area contributed by atoms with E-state index in [1.54, 1.807) is 36.4 Å². The molecule has 0 saturated carbocycles. The maximum Gasteiger partial charge on any atom is 0.266 e. The van der Waals surface area contributed by atoms with E-state index < -0.39 is 0 Å². The van der Waals surface area contributed by atoms with Crippen LogP contribution < -0.4 is 11.0 Å². The van der Waals surface area contributed by atoms with E-state index in [4.69, 9.17) is 0 Å². The van der Waals surface area contributed by atoms with Crippen LogP contribution in [-0.2, 0) is 4.79 Å². The molecule has 0 aliphatic carbocycles. The molecule has 0 bridgehead atoms. The Labute approximate surface area is 195 Å². The molecular formula is C23H17BrN4O3S. The van der Waals surface area contributed by atoms with Gasteiger partial charge in [-0.05, 0) is 54.1 Å². The molecule has 32 heavy (non-hydrogen) atoms. The zero-order valence-electron chi connectivity index (χ0n) is 16.6. The summed E-state index contributed by atoms with van der Waals surface area (Å²) in [7, 11) is 0. The Balaban J connectivity index is 1.56. The van der Waals surface area contributed by atoms with Crippen molar-refractivity contribution in [1.29, 1.82) is 0 Å². The number of nitrogens with zero attached hydrogens (tertiary/aromatic N) is 3. The zero-order chi connectivity index (χ0) is 22.5. The Morgan fingerprint density at radius 1 is 1.12 bits per heavy atom. The Bertz CT molecular complexity index is 1370. The van der Waals surface area contributed by atoms with E-state index in [0.29, 0.717) is 27.3 Å².